The lowest BCUT2D eigenvalue weighted by atomic mass is 9.90. The number of aromatic nitrogens is 5. The molecule has 3 aromatic heterocycles. The van der Waals surface area contributed by atoms with Gasteiger partial charge in [-0.25, -0.2) is 4.52 Å². The fourth-order valence-electron chi connectivity index (χ4n) is 6.06. The highest BCUT2D eigenvalue weighted by atomic mass is 16.1. The largest absolute Gasteiger partial charge is 0.329 e. The number of hydrogen-bond donors (Lipinski definition) is 2. The van der Waals surface area contributed by atoms with Crippen molar-refractivity contribution in [1.82, 2.24) is 29.7 Å². The standard InChI is InChI=1S/C26H34N8O/c35-23(14-17-4-1-11-32(16-17)19-9-10-19)21-5-2-12-33(21)26-28-25(22-6-3-13-34(22)31-26)27-24-15-20(29-30-24)18-7-8-18/h3,6,13,15,17-19,21H,1-2,4-5,7-12,14,16H2,(H2,27,28,29,30,31). The van der Waals surface area contributed by atoms with E-state index in [1.165, 1.54) is 50.8 Å². The Kier molecular flexibility index (Phi) is 5.26. The van der Waals surface area contributed by atoms with Crippen LogP contribution < -0.4 is 10.2 Å². The Bertz CT molecular complexity index is 1230. The summed E-state index contributed by atoms with van der Waals surface area (Å²) in [5.74, 6) is 3.57. The van der Waals surface area contributed by atoms with Crippen molar-refractivity contribution in [2.45, 2.75) is 75.8 Å². The molecule has 35 heavy (non-hydrogen) atoms. The molecule has 2 saturated heterocycles. The zero-order chi connectivity index (χ0) is 23.4. The van der Waals surface area contributed by atoms with Crippen LogP contribution in [0, 0.1) is 5.92 Å². The number of H-pyrrole nitrogens is 1. The molecule has 3 aromatic rings. The molecule has 9 heteroatoms. The van der Waals surface area contributed by atoms with Crippen molar-refractivity contribution >= 4 is 28.9 Å². The van der Waals surface area contributed by atoms with Gasteiger partial charge in [0.2, 0.25) is 5.95 Å². The Morgan fingerprint density at radius 1 is 1.11 bits per heavy atom. The first-order chi connectivity index (χ1) is 17.2. The van der Waals surface area contributed by atoms with Gasteiger partial charge in [-0.1, -0.05) is 0 Å². The van der Waals surface area contributed by atoms with Crippen LogP contribution in [0.4, 0.5) is 17.6 Å². The Labute approximate surface area is 205 Å². The van der Waals surface area contributed by atoms with Gasteiger partial charge in [-0.3, -0.25) is 9.89 Å². The lowest BCUT2D eigenvalue weighted by Crippen LogP contribution is -2.41. The maximum Gasteiger partial charge on any atom is 0.246 e. The third-order valence-electron chi connectivity index (χ3n) is 8.23. The van der Waals surface area contributed by atoms with Crippen molar-refractivity contribution in [3.8, 4) is 0 Å². The third-order valence-corrected chi connectivity index (χ3v) is 8.23. The molecule has 2 unspecified atom stereocenters. The molecule has 0 radical (unpaired) electrons. The number of anilines is 3. The molecule has 0 spiro atoms. The smallest absolute Gasteiger partial charge is 0.246 e. The topological polar surface area (TPSA) is 94.5 Å². The minimum Gasteiger partial charge on any atom is -0.329 e. The van der Waals surface area contributed by atoms with Crippen molar-refractivity contribution in [2.75, 3.05) is 29.9 Å². The summed E-state index contributed by atoms with van der Waals surface area (Å²) in [5.41, 5.74) is 2.08. The second-order valence-corrected chi connectivity index (χ2v) is 11.0. The molecule has 5 heterocycles. The van der Waals surface area contributed by atoms with Gasteiger partial charge in [0, 0.05) is 49.4 Å². The van der Waals surface area contributed by atoms with Crippen LogP contribution in [-0.2, 0) is 4.79 Å². The predicted molar refractivity (Wildman–Crippen MR) is 134 cm³/mol. The first-order valence-electron chi connectivity index (χ1n) is 13.4. The van der Waals surface area contributed by atoms with Gasteiger partial charge < -0.3 is 15.1 Å². The number of nitrogens with zero attached hydrogens (tertiary/aromatic N) is 6. The fourth-order valence-corrected chi connectivity index (χ4v) is 6.06. The van der Waals surface area contributed by atoms with Crippen LogP contribution in [0.5, 0.6) is 0 Å². The average molecular weight is 475 g/mol. The van der Waals surface area contributed by atoms with Crippen molar-refractivity contribution in [3.63, 3.8) is 0 Å². The fraction of sp³-hybridized carbons (Fsp3) is 0.615. The number of hydrogen-bond acceptors (Lipinski definition) is 7. The number of rotatable bonds is 8. The van der Waals surface area contributed by atoms with E-state index in [4.69, 9.17) is 10.1 Å². The Morgan fingerprint density at radius 3 is 2.86 bits per heavy atom. The van der Waals surface area contributed by atoms with Gasteiger partial charge >= 0.3 is 0 Å². The molecule has 0 aromatic carbocycles. The van der Waals surface area contributed by atoms with E-state index in [1.54, 1.807) is 0 Å². The molecule has 4 fully saturated rings. The van der Waals surface area contributed by atoms with E-state index in [9.17, 15) is 4.79 Å². The summed E-state index contributed by atoms with van der Waals surface area (Å²) in [6.07, 6.45) is 12.0. The van der Waals surface area contributed by atoms with E-state index < -0.39 is 0 Å². The molecule has 4 aliphatic rings. The van der Waals surface area contributed by atoms with Gasteiger partial charge in [0.25, 0.3) is 0 Å². The van der Waals surface area contributed by atoms with E-state index in [1.807, 2.05) is 22.8 Å². The highest BCUT2D eigenvalue weighted by Crippen LogP contribution is 2.40. The van der Waals surface area contributed by atoms with Gasteiger partial charge in [0.1, 0.15) is 5.52 Å². The average Bonchev–Trinajstić information content (AvgIpc) is 3.74. The summed E-state index contributed by atoms with van der Waals surface area (Å²) >= 11 is 0. The number of carbonyl (C=O) groups is 1. The number of likely N-dealkylation sites (tertiary alicyclic amines) is 1. The highest BCUT2D eigenvalue weighted by Gasteiger charge is 2.37. The third kappa shape index (κ3) is 4.30. The molecule has 9 nitrogen and oxygen atoms in total. The van der Waals surface area contributed by atoms with Gasteiger partial charge in [0.15, 0.2) is 17.4 Å². The van der Waals surface area contributed by atoms with E-state index in [-0.39, 0.29) is 6.04 Å². The lowest BCUT2D eigenvalue weighted by Gasteiger charge is -2.33. The Hall–Kier alpha value is -2.94. The number of fused-ring (bicyclic) bond motifs is 1. The SMILES string of the molecule is O=C(CC1CCCN(C2CC2)C1)C1CCCN1c1nc(Nc2cc(C3CC3)[nH]n2)c2cccn2n1. The molecule has 2 aliphatic heterocycles. The summed E-state index contributed by atoms with van der Waals surface area (Å²) in [6.45, 7) is 3.12. The molecule has 7 rings (SSSR count). The minimum absolute atomic E-state index is 0.126. The van der Waals surface area contributed by atoms with Crippen molar-refractivity contribution in [3.05, 3.63) is 30.1 Å². The number of aromatic amines is 1. The summed E-state index contributed by atoms with van der Waals surface area (Å²) in [6, 6.07) is 6.72. The van der Waals surface area contributed by atoms with Gasteiger partial charge in [0.05, 0.1) is 6.04 Å². The second-order valence-electron chi connectivity index (χ2n) is 11.0. The maximum absolute atomic E-state index is 13.5. The van der Waals surface area contributed by atoms with Crippen LogP contribution in [0.25, 0.3) is 5.52 Å². The zero-order valence-electron chi connectivity index (χ0n) is 20.2. The highest BCUT2D eigenvalue weighted by molar-refractivity contribution is 5.87. The van der Waals surface area contributed by atoms with E-state index >= 15 is 0 Å². The van der Waals surface area contributed by atoms with Crippen LogP contribution in [-0.4, -0.2) is 67.2 Å². The van der Waals surface area contributed by atoms with E-state index in [0.717, 1.165) is 49.1 Å². The van der Waals surface area contributed by atoms with E-state index in [2.05, 4.69) is 31.4 Å². The predicted octanol–water partition coefficient (Wildman–Crippen LogP) is 3.88. The van der Waals surface area contributed by atoms with Gasteiger partial charge in [-0.2, -0.15) is 10.1 Å². The van der Waals surface area contributed by atoms with Crippen LogP contribution in [0.3, 0.4) is 0 Å². The molecule has 184 valence electrons. The molecular weight excluding hydrogens is 440 g/mol. The van der Waals surface area contributed by atoms with Crippen LogP contribution in [0.1, 0.15) is 69.4 Å². The number of carbonyl (C=O) groups excluding carboxylic acids is 1. The van der Waals surface area contributed by atoms with Crippen LogP contribution >= 0.6 is 0 Å². The van der Waals surface area contributed by atoms with Crippen molar-refractivity contribution in [1.29, 1.82) is 0 Å². The Morgan fingerprint density at radius 2 is 2.00 bits per heavy atom. The van der Waals surface area contributed by atoms with E-state index in [0.29, 0.717) is 30.0 Å². The molecule has 0 amide bonds. The van der Waals surface area contributed by atoms with Crippen molar-refractivity contribution in [2.24, 2.45) is 5.92 Å². The maximum atomic E-state index is 13.5. The zero-order valence-corrected chi connectivity index (χ0v) is 20.2. The van der Waals surface area contributed by atoms with Crippen LogP contribution in [0.15, 0.2) is 24.4 Å². The first kappa shape index (κ1) is 21.4. The number of nitrogens with one attached hydrogen (secondary N) is 2. The quantitative estimate of drug-likeness (QED) is 0.512. The minimum atomic E-state index is -0.126. The summed E-state index contributed by atoms with van der Waals surface area (Å²) in [4.78, 5) is 23.2. The van der Waals surface area contributed by atoms with Gasteiger partial charge in [-0.05, 0) is 76.0 Å². The second kappa shape index (κ2) is 8.62. The molecular formula is C26H34N8O. The number of Topliss-reactive ketones (excluding diaryl/α,β-unsaturated/α-hetero) is 1. The molecule has 2 saturated carbocycles. The molecule has 2 N–H and O–H groups in total. The first-order valence-corrected chi connectivity index (χ1v) is 13.4. The molecule has 2 aliphatic carbocycles. The van der Waals surface area contributed by atoms with Crippen LogP contribution in [0.2, 0.25) is 0 Å². The lowest BCUT2D eigenvalue weighted by molar-refractivity contribution is -0.121. The summed E-state index contributed by atoms with van der Waals surface area (Å²) in [7, 11) is 0. The molecule has 2 atom stereocenters. The summed E-state index contributed by atoms with van der Waals surface area (Å²) < 4.78 is 1.85. The number of ketones is 1. The van der Waals surface area contributed by atoms with Gasteiger partial charge in [-0.15, -0.1) is 5.10 Å². The summed E-state index contributed by atoms with van der Waals surface area (Å²) in [5, 5.41) is 15.8. The molecule has 0 bridgehead atoms. The Balaban J connectivity index is 1.10. The normalized spacial score (nSPS) is 25.4. The monoisotopic (exact) mass is 474 g/mol. The van der Waals surface area contributed by atoms with Crippen molar-refractivity contribution < 1.29 is 4.79 Å². The number of piperidine rings is 1.